The number of carbonyl (C=O) groups is 1. The molecule has 0 radical (unpaired) electrons. The van der Waals surface area contributed by atoms with Crippen molar-refractivity contribution in [3.05, 3.63) is 71.8 Å². The number of anilines is 1. The Bertz CT molecular complexity index is 948. The zero-order chi connectivity index (χ0) is 17.2. The lowest BCUT2D eigenvalue weighted by Crippen LogP contribution is -2.31. The summed E-state index contributed by atoms with van der Waals surface area (Å²) in [5.41, 5.74) is 2.51. The Hall–Kier alpha value is -3.10. The number of nitriles is 1. The van der Waals surface area contributed by atoms with Gasteiger partial charge in [0.05, 0.1) is 5.56 Å². The number of carbonyl (C=O) groups excluding carboxylic acids is 1. The number of hydrogen-bond acceptors (Lipinski definition) is 4. The minimum absolute atomic E-state index is 0.228. The summed E-state index contributed by atoms with van der Waals surface area (Å²) in [7, 11) is 0. The maximum atomic E-state index is 12.6. The summed E-state index contributed by atoms with van der Waals surface area (Å²) in [6.45, 7) is 0. The molecule has 0 saturated heterocycles. The normalized spacial score (nSPS) is 15.1. The SMILES string of the molecule is N#Cc1cc(-c2ccccc2)sc1NC(=O)C1Cc2ccccc2O1. The van der Waals surface area contributed by atoms with Crippen LogP contribution in [0.5, 0.6) is 5.75 Å². The van der Waals surface area contributed by atoms with Crippen LogP contribution in [-0.4, -0.2) is 12.0 Å². The maximum absolute atomic E-state index is 12.6. The molecule has 5 heteroatoms. The van der Waals surface area contributed by atoms with Crippen molar-refractivity contribution in [3.63, 3.8) is 0 Å². The van der Waals surface area contributed by atoms with Gasteiger partial charge in [0.15, 0.2) is 6.10 Å². The average molecular weight is 346 g/mol. The molecule has 2 aromatic carbocycles. The van der Waals surface area contributed by atoms with Gasteiger partial charge in [-0.25, -0.2) is 0 Å². The third-order valence-corrected chi connectivity index (χ3v) is 5.19. The molecule has 1 N–H and O–H groups in total. The van der Waals surface area contributed by atoms with Crippen molar-refractivity contribution in [2.24, 2.45) is 0 Å². The molecule has 1 unspecified atom stereocenters. The van der Waals surface area contributed by atoms with Gasteiger partial charge in [0.1, 0.15) is 16.8 Å². The first kappa shape index (κ1) is 15.4. The van der Waals surface area contributed by atoms with Crippen LogP contribution in [0.4, 0.5) is 5.00 Å². The first-order valence-electron chi connectivity index (χ1n) is 7.89. The Balaban J connectivity index is 1.54. The van der Waals surface area contributed by atoms with Crippen LogP contribution in [0.25, 0.3) is 10.4 Å². The molecule has 1 aromatic heterocycles. The lowest BCUT2D eigenvalue weighted by atomic mass is 10.1. The van der Waals surface area contributed by atoms with E-state index in [1.165, 1.54) is 11.3 Å². The van der Waals surface area contributed by atoms with Gasteiger partial charge in [-0.15, -0.1) is 11.3 Å². The molecule has 0 bridgehead atoms. The Kier molecular flexibility index (Phi) is 3.96. The fraction of sp³-hybridized carbons (Fsp3) is 0.100. The van der Waals surface area contributed by atoms with Crippen molar-refractivity contribution in [2.45, 2.75) is 12.5 Å². The number of hydrogen-bond donors (Lipinski definition) is 1. The van der Waals surface area contributed by atoms with Crippen LogP contribution in [0.2, 0.25) is 0 Å². The van der Waals surface area contributed by atoms with E-state index in [4.69, 9.17) is 4.74 Å². The van der Waals surface area contributed by atoms with Gasteiger partial charge in [-0.1, -0.05) is 48.5 Å². The second kappa shape index (κ2) is 6.42. The molecular formula is C20H14N2O2S. The van der Waals surface area contributed by atoms with E-state index in [1.807, 2.05) is 54.6 Å². The summed E-state index contributed by atoms with van der Waals surface area (Å²) in [4.78, 5) is 13.5. The van der Waals surface area contributed by atoms with Gasteiger partial charge < -0.3 is 10.1 Å². The molecule has 2 heterocycles. The zero-order valence-corrected chi connectivity index (χ0v) is 14.0. The molecule has 25 heavy (non-hydrogen) atoms. The smallest absolute Gasteiger partial charge is 0.266 e. The summed E-state index contributed by atoms with van der Waals surface area (Å²) >= 11 is 1.40. The molecule has 0 saturated carbocycles. The van der Waals surface area contributed by atoms with E-state index in [0.717, 1.165) is 21.8 Å². The van der Waals surface area contributed by atoms with E-state index in [0.29, 0.717) is 17.0 Å². The molecule has 1 aliphatic heterocycles. The predicted molar refractivity (Wildman–Crippen MR) is 97.7 cm³/mol. The lowest BCUT2D eigenvalue weighted by molar-refractivity contribution is -0.122. The fourth-order valence-electron chi connectivity index (χ4n) is 2.83. The van der Waals surface area contributed by atoms with Crippen molar-refractivity contribution >= 4 is 22.2 Å². The number of amides is 1. The van der Waals surface area contributed by atoms with Gasteiger partial charge in [0.25, 0.3) is 5.91 Å². The molecule has 4 rings (SSSR count). The molecule has 0 fully saturated rings. The van der Waals surface area contributed by atoms with Crippen LogP contribution in [0.15, 0.2) is 60.7 Å². The molecule has 0 aliphatic carbocycles. The van der Waals surface area contributed by atoms with Crippen LogP contribution in [-0.2, 0) is 11.2 Å². The number of rotatable bonds is 3. The largest absolute Gasteiger partial charge is 0.480 e. The van der Waals surface area contributed by atoms with E-state index >= 15 is 0 Å². The Morgan fingerprint density at radius 3 is 2.68 bits per heavy atom. The van der Waals surface area contributed by atoms with Crippen molar-refractivity contribution in [3.8, 4) is 22.3 Å². The highest BCUT2D eigenvalue weighted by Gasteiger charge is 2.29. The first-order valence-corrected chi connectivity index (χ1v) is 8.71. The molecule has 1 amide bonds. The number of ether oxygens (including phenoxy) is 1. The van der Waals surface area contributed by atoms with E-state index in [-0.39, 0.29) is 5.91 Å². The number of nitrogens with one attached hydrogen (secondary N) is 1. The number of fused-ring (bicyclic) bond motifs is 1. The monoisotopic (exact) mass is 346 g/mol. The maximum Gasteiger partial charge on any atom is 0.266 e. The van der Waals surface area contributed by atoms with E-state index < -0.39 is 6.10 Å². The lowest BCUT2D eigenvalue weighted by Gasteiger charge is -2.10. The van der Waals surface area contributed by atoms with Crippen LogP contribution < -0.4 is 10.1 Å². The minimum atomic E-state index is -0.564. The second-order valence-corrected chi connectivity index (χ2v) is 6.79. The third-order valence-electron chi connectivity index (χ3n) is 4.09. The van der Waals surface area contributed by atoms with E-state index in [2.05, 4.69) is 11.4 Å². The summed E-state index contributed by atoms with van der Waals surface area (Å²) in [5.74, 6) is 0.522. The van der Waals surface area contributed by atoms with Gasteiger partial charge in [-0.05, 0) is 23.3 Å². The minimum Gasteiger partial charge on any atom is -0.480 e. The molecule has 122 valence electrons. The van der Waals surface area contributed by atoms with Crippen molar-refractivity contribution in [1.82, 2.24) is 0 Å². The van der Waals surface area contributed by atoms with E-state index in [1.54, 1.807) is 6.07 Å². The second-order valence-electron chi connectivity index (χ2n) is 5.74. The Morgan fingerprint density at radius 1 is 1.16 bits per heavy atom. The highest BCUT2D eigenvalue weighted by atomic mass is 32.1. The molecule has 0 spiro atoms. The number of thiophene rings is 1. The van der Waals surface area contributed by atoms with Crippen LogP contribution in [0.3, 0.4) is 0 Å². The summed E-state index contributed by atoms with van der Waals surface area (Å²) in [5, 5.41) is 12.8. The molecule has 1 aliphatic rings. The average Bonchev–Trinajstić information content (AvgIpc) is 3.26. The van der Waals surface area contributed by atoms with Crippen molar-refractivity contribution < 1.29 is 9.53 Å². The highest BCUT2D eigenvalue weighted by Crippen LogP contribution is 2.36. The third kappa shape index (κ3) is 3.00. The van der Waals surface area contributed by atoms with Crippen molar-refractivity contribution in [2.75, 3.05) is 5.32 Å². The highest BCUT2D eigenvalue weighted by molar-refractivity contribution is 7.19. The fourth-order valence-corrected chi connectivity index (χ4v) is 3.85. The molecule has 4 nitrogen and oxygen atoms in total. The number of para-hydroxylation sites is 1. The quantitative estimate of drug-likeness (QED) is 0.772. The summed E-state index contributed by atoms with van der Waals surface area (Å²) in [6, 6.07) is 21.4. The van der Waals surface area contributed by atoms with Gasteiger partial charge >= 0.3 is 0 Å². The van der Waals surface area contributed by atoms with E-state index in [9.17, 15) is 10.1 Å². The predicted octanol–water partition coefficient (Wildman–Crippen LogP) is 4.23. The number of nitrogens with zero attached hydrogens (tertiary/aromatic N) is 1. The van der Waals surface area contributed by atoms with Crippen LogP contribution >= 0.6 is 11.3 Å². The summed E-state index contributed by atoms with van der Waals surface area (Å²) < 4.78 is 5.72. The Morgan fingerprint density at radius 2 is 1.92 bits per heavy atom. The zero-order valence-electron chi connectivity index (χ0n) is 13.2. The Labute approximate surface area is 149 Å². The van der Waals surface area contributed by atoms with Gasteiger partial charge in [0, 0.05) is 11.3 Å². The van der Waals surface area contributed by atoms with Gasteiger partial charge in [0.2, 0.25) is 0 Å². The van der Waals surface area contributed by atoms with Gasteiger partial charge in [-0.2, -0.15) is 5.26 Å². The topological polar surface area (TPSA) is 62.1 Å². The molecule has 3 aromatic rings. The summed E-state index contributed by atoms with van der Waals surface area (Å²) in [6.07, 6.45) is -0.0212. The van der Waals surface area contributed by atoms with Crippen molar-refractivity contribution in [1.29, 1.82) is 5.26 Å². The van der Waals surface area contributed by atoms with Gasteiger partial charge in [-0.3, -0.25) is 4.79 Å². The molecule has 1 atom stereocenters. The van der Waals surface area contributed by atoms with Crippen LogP contribution in [0, 0.1) is 11.3 Å². The standard InChI is InChI=1S/C20H14N2O2S/c21-12-15-11-18(13-6-2-1-3-7-13)25-20(15)22-19(23)17-10-14-8-4-5-9-16(14)24-17/h1-9,11,17H,10H2,(H,22,23). The first-order chi connectivity index (χ1) is 12.2. The van der Waals surface area contributed by atoms with Crippen LogP contribution in [0.1, 0.15) is 11.1 Å². The molecular weight excluding hydrogens is 332 g/mol. The number of benzene rings is 2.